The monoisotopic (exact) mass is 170 g/mol. The quantitative estimate of drug-likeness (QED) is 0.602. The number of fused-ring (bicyclic) bond motifs is 1. The first-order valence-corrected chi connectivity index (χ1v) is 3.68. The van der Waals surface area contributed by atoms with Crippen molar-refractivity contribution in [3.8, 4) is 0 Å². The van der Waals surface area contributed by atoms with Crippen LogP contribution in [0.25, 0.3) is 11.2 Å². The van der Waals surface area contributed by atoms with Crippen LogP contribution in [0.1, 0.15) is 0 Å². The molecule has 0 unspecified atom stereocenters. The molecule has 0 aliphatic carbocycles. The van der Waals surface area contributed by atoms with Crippen LogP contribution in [-0.2, 0) is 0 Å². The lowest BCUT2D eigenvalue weighted by atomic mass is 10.6. The summed E-state index contributed by atoms with van der Waals surface area (Å²) in [5.74, 6) is 0. The third kappa shape index (κ3) is 0.729. The van der Waals surface area contributed by atoms with Crippen LogP contribution in [0.4, 0.5) is 0 Å². The molecule has 0 aliphatic rings. The van der Waals surface area contributed by atoms with Crippen LogP contribution in [0.15, 0.2) is 6.33 Å². The molecule has 0 saturated carbocycles. The van der Waals surface area contributed by atoms with E-state index >= 15 is 0 Å². The fourth-order valence-corrected chi connectivity index (χ4v) is 1.41. The van der Waals surface area contributed by atoms with Gasteiger partial charge in [0.05, 0.1) is 18.1 Å². The lowest BCUT2D eigenvalue weighted by molar-refractivity contribution is 1.19. The highest BCUT2D eigenvalue weighted by atomic mass is 32.1. The number of hydrogen-bond acceptors (Lipinski definition) is 5. The van der Waals surface area contributed by atoms with Crippen molar-refractivity contribution in [1.29, 1.82) is 0 Å². The second-order valence-electron chi connectivity index (χ2n) is 1.67. The molecule has 50 valence electrons. The highest BCUT2D eigenvalue weighted by molar-refractivity contribution is 7.71. The van der Waals surface area contributed by atoms with Gasteiger partial charge in [-0.2, -0.15) is 8.75 Å². The molecule has 0 aliphatic heterocycles. The van der Waals surface area contributed by atoms with Crippen LogP contribution in [-0.4, -0.2) is 18.7 Å². The first-order chi connectivity index (χ1) is 4.88. The second-order valence-corrected chi connectivity index (χ2v) is 2.58. The third-order valence-electron chi connectivity index (χ3n) is 1.07. The lowest BCUT2D eigenvalue weighted by Crippen LogP contribution is -1.80. The number of aromatic amines is 1. The van der Waals surface area contributed by atoms with Gasteiger partial charge in [0.15, 0.2) is 15.8 Å². The molecular formula is C4H2N4S2. The number of aromatic nitrogens is 4. The molecule has 2 aromatic heterocycles. The summed E-state index contributed by atoms with van der Waals surface area (Å²) in [7, 11) is 0. The first kappa shape index (κ1) is 5.87. The number of nitrogens with zero attached hydrogens (tertiary/aromatic N) is 3. The number of rotatable bonds is 0. The van der Waals surface area contributed by atoms with Crippen molar-refractivity contribution in [1.82, 2.24) is 18.7 Å². The van der Waals surface area contributed by atoms with E-state index in [4.69, 9.17) is 12.2 Å². The van der Waals surface area contributed by atoms with Crippen molar-refractivity contribution in [2.24, 2.45) is 0 Å². The SMILES string of the molecule is S=c1nc[nH]c2nsnc12. The Hall–Kier alpha value is -0.880. The molecule has 2 aromatic rings. The molecule has 6 heteroatoms. The van der Waals surface area contributed by atoms with Gasteiger partial charge < -0.3 is 4.98 Å². The Kier molecular flexibility index (Phi) is 1.21. The summed E-state index contributed by atoms with van der Waals surface area (Å²) in [5.41, 5.74) is 1.40. The Balaban J connectivity index is 3.09. The van der Waals surface area contributed by atoms with Crippen molar-refractivity contribution in [2.75, 3.05) is 0 Å². The van der Waals surface area contributed by atoms with Gasteiger partial charge in [-0.3, -0.25) is 0 Å². The van der Waals surface area contributed by atoms with Crippen molar-refractivity contribution in [3.05, 3.63) is 11.0 Å². The Morgan fingerprint density at radius 1 is 1.50 bits per heavy atom. The van der Waals surface area contributed by atoms with Crippen LogP contribution in [0, 0.1) is 4.64 Å². The molecule has 0 fully saturated rings. The Morgan fingerprint density at radius 2 is 2.40 bits per heavy atom. The molecule has 0 aromatic carbocycles. The minimum absolute atomic E-state index is 0.502. The third-order valence-corrected chi connectivity index (χ3v) is 1.90. The molecule has 0 bridgehead atoms. The van der Waals surface area contributed by atoms with E-state index in [1.165, 1.54) is 6.33 Å². The zero-order valence-corrected chi connectivity index (χ0v) is 6.37. The summed E-state index contributed by atoms with van der Waals surface area (Å²) in [4.78, 5) is 6.67. The van der Waals surface area contributed by atoms with E-state index in [0.29, 0.717) is 15.8 Å². The van der Waals surface area contributed by atoms with Crippen molar-refractivity contribution in [2.45, 2.75) is 0 Å². The average molecular weight is 170 g/mol. The minimum Gasteiger partial charge on any atom is -0.328 e. The van der Waals surface area contributed by atoms with Gasteiger partial charge in [-0.15, -0.1) is 0 Å². The van der Waals surface area contributed by atoms with Gasteiger partial charge in [0.2, 0.25) is 0 Å². The topological polar surface area (TPSA) is 54.5 Å². The van der Waals surface area contributed by atoms with Gasteiger partial charge >= 0.3 is 0 Å². The molecule has 10 heavy (non-hydrogen) atoms. The van der Waals surface area contributed by atoms with Crippen LogP contribution >= 0.6 is 23.9 Å². The maximum Gasteiger partial charge on any atom is 0.175 e. The molecule has 0 atom stereocenters. The van der Waals surface area contributed by atoms with E-state index in [9.17, 15) is 0 Å². The van der Waals surface area contributed by atoms with E-state index in [1.54, 1.807) is 0 Å². The van der Waals surface area contributed by atoms with Gasteiger partial charge in [0.1, 0.15) is 0 Å². The molecule has 0 amide bonds. The molecule has 2 heterocycles. The summed E-state index contributed by atoms with van der Waals surface area (Å²) in [5, 5.41) is 0. The normalized spacial score (nSPS) is 10.4. The molecule has 1 N–H and O–H groups in total. The number of H-pyrrole nitrogens is 1. The second kappa shape index (κ2) is 2.06. The maximum atomic E-state index is 4.88. The zero-order valence-electron chi connectivity index (χ0n) is 4.74. The number of nitrogens with one attached hydrogen (secondary N) is 1. The zero-order chi connectivity index (χ0) is 6.97. The predicted octanol–water partition coefficient (Wildman–Crippen LogP) is 1.14. The summed E-state index contributed by atoms with van der Waals surface area (Å²) in [6, 6.07) is 0. The largest absolute Gasteiger partial charge is 0.328 e. The van der Waals surface area contributed by atoms with Gasteiger partial charge in [-0.25, -0.2) is 4.98 Å². The van der Waals surface area contributed by atoms with Gasteiger partial charge in [-0.05, 0) is 0 Å². The van der Waals surface area contributed by atoms with Crippen LogP contribution in [0.2, 0.25) is 0 Å². The lowest BCUT2D eigenvalue weighted by Gasteiger charge is -1.82. The Bertz CT molecular complexity index is 403. The predicted molar refractivity (Wildman–Crippen MR) is 40.4 cm³/mol. The van der Waals surface area contributed by atoms with Crippen LogP contribution in [0.3, 0.4) is 0 Å². The Morgan fingerprint density at radius 3 is 3.20 bits per heavy atom. The first-order valence-electron chi connectivity index (χ1n) is 2.54. The minimum atomic E-state index is 0.502. The molecule has 2 rings (SSSR count). The van der Waals surface area contributed by atoms with Crippen LogP contribution < -0.4 is 0 Å². The smallest absolute Gasteiger partial charge is 0.175 e. The number of hydrogen-bond donors (Lipinski definition) is 1. The van der Waals surface area contributed by atoms with Crippen LogP contribution in [0.5, 0.6) is 0 Å². The molecular weight excluding hydrogens is 168 g/mol. The standard InChI is InChI=1S/C4H2N4S2/c9-4-2-3(5-1-6-4)8-10-7-2/h1H,(H,5,6,8,9). The highest BCUT2D eigenvalue weighted by Crippen LogP contribution is 2.06. The summed E-state index contributed by atoms with van der Waals surface area (Å²) in [6.45, 7) is 0. The van der Waals surface area contributed by atoms with Gasteiger partial charge in [-0.1, -0.05) is 12.2 Å². The van der Waals surface area contributed by atoms with E-state index in [-0.39, 0.29) is 0 Å². The van der Waals surface area contributed by atoms with Gasteiger partial charge in [0, 0.05) is 0 Å². The highest BCUT2D eigenvalue weighted by Gasteiger charge is 1.97. The molecule has 0 radical (unpaired) electrons. The van der Waals surface area contributed by atoms with Crippen molar-refractivity contribution in [3.63, 3.8) is 0 Å². The van der Waals surface area contributed by atoms with Crippen molar-refractivity contribution >= 4 is 35.1 Å². The van der Waals surface area contributed by atoms with E-state index in [0.717, 1.165) is 11.7 Å². The van der Waals surface area contributed by atoms with E-state index in [1.807, 2.05) is 0 Å². The molecule has 4 nitrogen and oxygen atoms in total. The molecule has 0 saturated heterocycles. The van der Waals surface area contributed by atoms with Crippen molar-refractivity contribution < 1.29 is 0 Å². The van der Waals surface area contributed by atoms with Gasteiger partial charge in [0.25, 0.3) is 0 Å². The maximum absolute atomic E-state index is 4.88. The Labute approximate surface area is 65.3 Å². The molecule has 0 spiro atoms. The van der Waals surface area contributed by atoms with E-state index in [2.05, 4.69) is 18.7 Å². The van der Waals surface area contributed by atoms with E-state index < -0.39 is 0 Å². The summed E-state index contributed by atoms with van der Waals surface area (Å²) < 4.78 is 8.40. The summed E-state index contributed by atoms with van der Waals surface area (Å²) >= 11 is 6.01. The fourth-order valence-electron chi connectivity index (χ4n) is 0.637. The fraction of sp³-hybridized carbons (Fsp3) is 0. The summed E-state index contributed by atoms with van der Waals surface area (Å²) in [6.07, 6.45) is 1.52. The average Bonchev–Trinajstić information content (AvgIpc) is 2.36.